The monoisotopic (exact) mass is 223 g/mol. The number of hydrogen-bond donors (Lipinski definition) is 1. The summed E-state index contributed by atoms with van der Waals surface area (Å²) in [6.45, 7) is 2.75. The van der Waals surface area contributed by atoms with E-state index in [0.29, 0.717) is 6.61 Å². The molecule has 1 aromatic rings. The Morgan fingerprint density at radius 3 is 2.75 bits per heavy atom. The van der Waals surface area contributed by atoms with Crippen molar-refractivity contribution in [2.45, 2.75) is 50.7 Å². The Labute approximate surface area is 97.0 Å². The lowest BCUT2D eigenvalue weighted by Gasteiger charge is -2.40. The Kier molecular flexibility index (Phi) is 3.66. The van der Waals surface area contributed by atoms with Crippen molar-refractivity contribution in [3.63, 3.8) is 0 Å². The van der Waals surface area contributed by atoms with Gasteiger partial charge in [0.15, 0.2) is 0 Å². The molecule has 0 saturated heterocycles. The van der Waals surface area contributed by atoms with Crippen LogP contribution in [0, 0.1) is 0 Å². The molecule has 1 atom stereocenters. The molecule has 1 unspecified atom stereocenters. The SMILES string of the molecule is CCOC1(C(N)c2ccco2)CCCCC1. The highest BCUT2D eigenvalue weighted by atomic mass is 16.5. The molecule has 0 aromatic carbocycles. The number of hydrogen-bond acceptors (Lipinski definition) is 3. The largest absolute Gasteiger partial charge is 0.468 e. The summed E-state index contributed by atoms with van der Waals surface area (Å²) < 4.78 is 11.4. The van der Waals surface area contributed by atoms with Gasteiger partial charge in [0, 0.05) is 6.61 Å². The minimum atomic E-state index is -0.204. The van der Waals surface area contributed by atoms with E-state index in [9.17, 15) is 0 Å². The summed E-state index contributed by atoms with van der Waals surface area (Å²) in [6, 6.07) is 3.69. The second kappa shape index (κ2) is 5.02. The highest BCUT2D eigenvalue weighted by Crippen LogP contribution is 2.40. The first-order chi connectivity index (χ1) is 7.78. The van der Waals surface area contributed by atoms with E-state index in [1.165, 1.54) is 19.3 Å². The van der Waals surface area contributed by atoms with Gasteiger partial charge in [0.1, 0.15) is 5.76 Å². The van der Waals surface area contributed by atoms with Crippen LogP contribution in [0.2, 0.25) is 0 Å². The van der Waals surface area contributed by atoms with Gasteiger partial charge in [0.25, 0.3) is 0 Å². The molecule has 0 radical (unpaired) electrons. The van der Waals surface area contributed by atoms with Crippen LogP contribution >= 0.6 is 0 Å². The van der Waals surface area contributed by atoms with Crippen LogP contribution in [-0.4, -0.2) is 12.2 Å². The van der Waals surface area contributed by atoms with Crippen molar-refractivity contribution in [2.24, 2.45) is 5.73 Å². The Bertz CT molecular complexity index is 296. The molecule has 0 bridgehead atoms. The van der Waals surface area contributed by atoms with Gasteiger partial charge in [-0.1, -0.05) is 19.3 Å². The van der Waals surface area contributed by atoms with E-state index < -0.39 is 0 Å². The van der Waals surface area contributed by atoms with Crippen LogP contribution in [-0.2, 0) is 4.74 Å². The molecule has 90 valence electrons. The molecule has 1 aliphatic rings. The van der Waals surface area contributed by atoms with E-state index in [-0.39, 0.29) is 11.6 Å². The molecule has 1 heterocycles. The molecule has 0 amide bonds. The third kappa shape index (κ3) is 2.15. The van der Waals surface area contributed by atoms with Gasteiger partial charge >= 0.3 is 0 Å². The summed E-state index contributed by atoms with van der Waals surface area (Å²) >= 11 is 0. The molecular formula is C13H21NO2. The van der Waals surface area contributed by atoms with Crippen LogP contribution in [0.3, 0.4) is 0 Å². The minimum Gasteiger partial charge on any atom is -0.468 e. The maximum absolute atomic E-state index is 6.32. The number of furan rings is 1. The second-order valence-electron chi connectivity index (χ2n) is 4.55. The fourth-order valence-electron chi connectivity index (χ4n) is 2.71. The van der Waals surface area contributed by atoms with Crippen LogP contribution in [0.5, 0.6) is 0 Å². The Morgan fingerprint density at radius 1 is 1.44 bits per heavy atom. The molecule has 2 rings (SSSR count). The molecule has 1 saturated carbocycles. The maximum atomic E-state index is 6.32. The molecule has 16 heavy (non-hydrogen) atoms. The zero-order chi connectivity index (χ0) is 11.4. The predicted octanol–water partition coefficient (Wildman–Crippen LogP) is 3.02. The number of rotatable bonds is 4. The highest BCUT2D eigenvalue weighted by molar-refractivity contribution is 5.11. The van der Waals surface area contributed by atoms with Crippen LogP contribution in [0.15, 0.2) is 22.8 Å². The summed E-state index contributed by atoms with van der Waals surface area (Å²) in [5, 5.41) is 0. The lowest BCUT2D eigenvalue weighted by Crippen LogP contribution is -2.45. The van der Waals surface area contributed by atoms with Gasteiger partial charge in [-0.3, -0.25) is 0 Å². The third-order valence-electron chi connectivity index (χ3n) is 3.55. The topological polar surface area (TPSA) is 48.4 Å². The van der Waals surface area contributed by atoms with E-state index in [0.717, 1.165) is 18.6 Å². The number of ether oxygens (including phenoxy) is 1. The summed E-state index contributed by atoms with van der Waals surface area (Å²) in [5.41, 5.74) is 6.11. The van der Waals surface area contributed by atoms with Crippen molar-refractivity contribution in [1.29, 1.82) is 0 Å². The zero-order valence-electron chi connectivity index (χ0n) is 9.95. The van der Waals surface area contributed by atoms with E-state index >= 15 is 0 Å². The quantitative estimate of drug-likeness (QED) is 0.853. The van der Waals surface area contributed by atoms with Crippen LogP contribution in [0.1, 0.15) is 50.8 Å². The molecule has 1 aliphatic carbocycles. The summed E-state index contributed by atoms with van der Waals surface area (Å²) in [5.74, 6) is 0.843. The normalized spacial score (nSPS) is 21.9. The summed E-state index contributed by atoms with van der Waals surface area (Å²) in [4.78, 5) is 0. The van der Waals surface area contributed by atoms with Gasteiger partial charge < -0.3 is 14.9 Å². The zero-order valence-corrected chi connectivity index (χ0v) is 9.95. The molecule has 0 spiro atoms. The van der Waals surface area contributed by atoms with Gasteiger partial charge in [-0.25, -0.2) is 0 Å². The highest BCUT2D eigenvalue weighted by Gasteiger charge is 2.40. The van der Waals surface area contributed by atoms with Crippen LogP contribution in [0.25, 0.3) is 0 Å². The van der Waals surface area contributed by atoms with Crippen molar-refractivity contribution < 1.29 is 9.15 Å². The molecule has 3 nitrogen and oxygen atoms in total. The molecular weight excluding hydrogens is 202 g/mol. The third-order valence-corrected chi connectivity index (χ3v) is 3.55. The minimum absolute atomic E-state index is 0.136. The van der Waals surface area contributed by atoms with Crippen LogP contribution in [0.4, 0.5) is 0 Å². The van der Waals surface area contributed by atoms with Gasteiger partial charge in [0.05, 0.1) is 17.9 Å². The average molecular weight is 223 g/mol. The summed E-state index contributed by atoms with van der Waals surface area (Å²) in [6.07, 6.45) is 7.46. The van der Waals surface area contributed by atoms with Crippen LogP contribution < -0.4 is 5.73 Å². The summed E-state index contributed by atoms with van der Waals surface area (Å²) in [7, 11) is 0. The van der Waals surface area contributed by atoms with Crippen molar-refractivity contribution in [1.82, 2.24) is 0 Å². The maximum Gasteiger partial charge on any atom is 0.123 e. The van der Waals surface area contributed by atoms with Gasteiger partial charge in [-0.2, -0.15) is 0 Å². The first kappa shape index (κ1) is 11.7. The molecule has 0 aliphatic heterocycles. The second-order valence-corrected chi connectivity index (χ2v) is 4.55. The standard InChI is InChI=1S/C13H21NO2/c1-2-16-13(8-4-3-5-9-13)12(14)11-7-6-10-15-11/h6-7,10,12H,2-5,8-9,14H2,1H3. The lowest BCUT2D eigenvalue weighted by atomic mass is 9.78. The van der Waals surface area contributed by atoms with Crippen molar-refractivity contribution in [3.05, 3.63) is 24.2 Å². The molecule has 2 N–H and O–H groups in total. The van der Waals surface area contributed by atoms with E-state index in [1.54, 1.807) is 6.26 Å². The molecule has 1 aromatic heterocycles. The first-order valence-corrected chi connectivity index (χ1v) is 6.21. The average Bonchev–Trinajstić information content (AvgIpc) is 2.83. The van der Waals surface area contributed by atoms with E-state index in [1.807, 2.05) is 19.1 Å². The predicted molar refractivity (Wildman–Crippen MR) is 63.1 cm³/mol. The number of nitrogens with two attached hydrogens (primary N) is 1. The molecule has 3 heteroatoms. The van der Waals surface area contributed by atoms with Gasteiger partial charge in [-0.15, -0.1) is 0 Å². The Morgan fingerprint density at radius 2 is 2.19 bits per heavy atom. The Hall–Kier alpha value is -0.800. The fraction of sp³-hybridized carbons (Fsp3) is 0.692. The van der Waals surface area contributed by atoms with Gasteiger partial charge in [0.2, 0.25) is 0 Å². The lowest BCUT2D eigenvalue weighted by molar-refractivity contribution is -0.0866. The van der Waals surface area contributed by atoms with Crippen molar-refractivity contribution >= 4 is 0 Å². The first-order valence-electron chi connectivity index (χ1n) is 6.21. The van der Waals surface area contributed by atoms with E-state index in [4.69, 9.17) is 14.9 Å². The van der Waals surface area contributed by atoms with Gasteiger partial charge in [-0.05, 0) is 31.9 Å². The van der Waals surface area contributed by atoms with Crippen molar-refractivity contribution in [2.75, 3.05) is 6.61 Å². The molecule has 1 fully saturated rings. The van der Waals surface area contributed by atoms with Crippen molar-refractivity contribution in [3.8, 4) is 0 Å². The van der Waals surface area contributed by atoms with E-state index in [2.05, 4.69) is 0 Å². The smallest absolute Gasteiger partial charge is 0.123 e. The fourth-order valence-corrected chi connectivity index (χ4v) is 2.71. The Balaban J connectivity index is 2.17.